The predicted octanol–water partition coefficient (Wildman–Crippen LogP) is 2.01. The Balaban J connectivity index is 2.34. The van der Waals surface area contributed by atoms with Crippen LogP contribution in [-0.2, 0) is 9.59 Å². The van der Waals surface area contributed by atoms with Crippen LogP contribution in [0.1, 0.15) is 25.3 Å². The molecule has 2 rings (SSSR count). The minimum Gasteiger partial charge on any atom is -0.480 e. The number of nitrogens with zero attached hydrogens (tertiary/aromatic N) is 2. The molecule has 0 radical (unpaired) electrons. The first-order valence-electron chi connectivity index (χ1n) is 6.98. The number of aliphatic carboxylic acids is 1. The number of benzene rings is 1. The Hall–Kier alpha value is -2.30. The van der Waals surface area contributed by atoms with Crippen LogP contribution in [0.5, 0.6) is 0 Å². The molecule has 1 N–H and O–H groups in total. The average Bonchev–Trinajstić information content (AvgIpc) is 3.27. The monoisotopic (exact) mass is 288 g/mol. The molecule has 0 aromatic heterocycles. The van der Waals surface area contributed by atoms with Crippen molar-refractivity contribution in [2.24, 2.45) is 0 Å². The molecule has 5 heteroatoms. The summed E-state index contributed by atoms with van der Waals surface area (Å²) < 4.78 is 0. The van der Waals surface area contributed by atoms with E-state index in [1.807, 2.05) is 37.4 Å². The highest BCUT2D eigenvalue weighted by Gasteiger charge is 2.28. The lowest BCUT2D eigenvalue weighted by Gasteiger charge is -2.25. The molecule has 0 saturated heterocycles. The van der Waals surface area contributed by atoms with Gasteiger partial charge in [-0.15, -0.1) is 0 Å². The molecule has 112 valence electrons. The normalized spacial score (nSPS) is 14.7. The molecule has 1 fully saturated rings. The van der Waals surface area contributed by atoms with Gasteiger partial charge in [0, 0.05) is 26.2 Å². The van der Waals surface area contributed by atoms with E-state index in [-0.39, 0.29) is 12.5 Å². The van der Waals surface area contributed by atoms with E-state index in [9.17, 15) is 9.59 Å². The van der Waals surface area contributed by atoms with Crippen molar-refractivity contribution in [2.45, 2.75) is 25.8 Å². The van der Waals surface area contributed by atoms with Crippen molar-refractivity contribution < 1.29 is 14.7 Å². The number of rotatable bonds is 6. The Morgan fingerprint density at radius 1 is 1.29 bits per heavy atom. The summed E-state index contributed by atoms with van der Waals surface area (Å²) in [6.45, 7) is 1.04. The number of hydrogen-bond acceptors (Lipinski definition) is 3. The van der Waals surface area contributed by atoms with Gasteiger partial charge in [0.05, 0.1) is 5.70 Å². The fraction of sp³-hybridized carbons (Fsp3) is 0.375. The topological polar surface area (TPSA) is 60.9 Å². The summed E-state index contributed by atoms with van der Waals surface area (Å²) in [4.78, 5) is 25.9. The maximum atomic E-state index is 11.7. The molecular formula is C16H20N2O3. The summed E-state index contributed by atoms with van der Waals surface area (Å²) in [5.41, 5.74) is 1.85. The summed E-state index contributed by atoms with van der Waals surface area (Å²) in [6, 6.07) is 10.2. The van der Waals surface area contributed by atoms with Gasteiger partial charge in [-0.2, -0.15) is 0 Å². The molecular weight excluding hydrogens is 268 g/mol. The number of amides is 1. The molecule has 0 atom stereocenters. The highest BCUT2D eigenvalue weighted by atomic mass is 16.4. The van der Waals surface area contributed by atoms with E-state index in [1.165, 1.54) is 11.8 Å². The zero-order valence-electron chi connectivity index (χ0n) is 12.3. The minimum atomic E-state index is -1.03. The smallest absolute Gasteiger partial charge is 0.323 e. The molecule has 1 aliphatic rings. The summed E-state index contributed by atoms with van der Waals surface area (Å²) in [5.74, 6) is -1.31. The molecule has 0 bridgehead atoms. The van der Waals surface area contributed by atoms with Gasteiger partial charge in [-0.1, -0.05) is 30.3 Å². The third kappa shape index (κ3) is 4.08. The van der Waals surface area contributed by atoms with E-state index in [4.69, 9.17) is 5.11 Å². The molecule has 5 nitrogen and oxygen atoms in total. The van der Waals surface area contributed by atoms with Gasteiger partial charge in [-0.25, -0.2) is 0 Å². The third-order valence-corrected chi connectivity index (χ3v) is 3.53. The maximum absolute atomic E-state index is 11.7. The van der Waals surface area contributed by atoms with Crippen LogP contribution < -0.4 is 0 Å². The van der Waals surface area contributed by atoms with Crippen molar-refractivity contribution in [3.05, 3.63) is 42.1 Å². The van der Waals surface area contributed by atoms with Crippen LogP contribution in [0, 0.1) is 0 Å². The van der Waals surface area contributed by atoms with Crippen molar-refractivity contribution in [3.8, 4) is 0 Å². The lowest BCUT2D eigenvalue weighted by molar-refractivity contribution is -0.141. The Morgan fingerprint density at radius 3 is 2.38 bits per heavy atom. The highest BCUT2D eigenvalue weighted by molar-refractivity contribution is 5.82. The van der Waals surface area contributed by atoms with E-state index < -0.39 is 5.97 Å². The van der Waals surface area contributed by atoms with Gasteiger partial charge in [0.1, 0.15) is 6.54 Å². The van der Waals surface area contributed by atoms with Crippen LogP contribution in [0.15, 0.2) is 36.5 Å². The van der Waals surface area contributed by atoms with Gasteiger partial charge in [-0.3, -0.25) is 9.59 Å². The molecule has 1 aliphatic carbocycles. The Bertz CT molecular complexity index is 550. The van der Waals surface area contributed by atoms with Crippen molar-refractivity contribution in [3.63, 3.8) is 0 Å². The van der Waals surface area contributed by atoms with Crippen LogP contribution in [0.4, 0.5) is 0 Å². The van der Waals surface area contributed by atoms with Crippen molar-refractivity contribution in [1.82, 2.24) is 9.80 Å². The fourth-order valence-electron chi connectivity index (χ4n) is 2.18. The largest absolute Gasteiger partial charge is 0.480 e. The van der Waals surface area contributed by atoms with E-state index in [0.717, 1.165) is 24.1 Å². The second-order valence-electron chi connectivity index (χ2n) is 5.26. The van der Waals surface area contributed by atoms with Gasteiger partial charge in [0.2, 0.25) is 5.91 Å². The molecule has 0 unspecified atom stereocenters. The number of carboxylic acid groups (broad SMARTS) is 1. The second kappa shape index (κ2) is 6.43. The van der Waals surface area contributed by atoms with Crippen molar-refractivity contribution in [2.75, 3.05) is 13.6 Å². The first kappa shape index (κ1) is 15.1. The van der Waals surface area contributed by atoms with Crippen LogP contribution >= 0.6 is 0 Å². The summed E-state index contributed by atoms with van der Waals surface area (Å²) in [6.07, 6.45) is 3.89. The molecule has 1 aromatic rings. The lowest BCUT2D eigenvalue weighted by Crippen LogP contribution is -2.31. The number of carbonyl (C=O) groups excluding carboxylic acids is 1. The van der Waals surface area contributed by atoms with Crippen LogP contribution in [-0.4, -0.2) is 46.4 Å². The Morgan fingerprint density at radius 2 is 1.90 bits per heavy atom. The van der Waals surface area contributed by atoms with Gasteiger partial charge in [0.15, 0.2) is 0 Å². The molecule has 1 amide bonds. The van der Waals surface area contributed by atoms with E-state index >= 15 is 0 Å². The zero-order chi connectivity index (χ0) is 15.4. The molecule has 1 saturated carbocycles. The van der Waals surface area contributed by atoms with Gasteiger partial charge in [0.25, 0.3) is 0 Å². The lowest BCUT2D eigenvalue weighted by atomic mass is 10.1. The van der Waals surface area contributed by atoms with Gasteiger partial charge >= 0.3 is 5.97 Å². The fourth-order valence-corrected chi connectivity index (χ4v) is 2.18. The third-order valence-electron chi connectivity index (χ3n) is 3.53. The summed E-state index contributed by atoms with van der Waals surface area (Å²) >= 11 is 0. The summed E-state index contributed by atoms with van der Waals surface area (Å²) in [7, 11) is 1.98. The SMILES string of the molecule is CC(=O)N(/C=C(/c1ccccc1)N(C)C1CC1)CC(=O)O. The number of carboxylic acids is 1. The number of hydrogen-bond donors (Lipinski definition) is 1. The molecule has 0 heterocycles. The first-order valence-corrected chi connectivity index (χ1v) is 6.98. The van der Waals surface area contributed by atoms with E-state index in [0.29, 0.717) is 6.04 Å². The second-order valence-corrected chi connectivity index (χ2v) is 5.26. The predicted molar refractivity (Wildman–Crippen MR) is 80.2 cm³/mol. The molecule has 1 aromatic carbocycles. The molecule has 0 spiro atoms. The minimum absolute atomic E-state index is 0.282. The average molecular weight is 288 g/mol. The molecule has 0 aliphatic heterocycles. The van der Waals surface area contributed by atoms with Crippen LogP contribution in [0.3, 0.4) is 0 Å². The Labute approximate surface area is 124 Å². The van der Waals surface area contributed by atoms with Gasteiger partial charge < -0.3 is 14.9 Å². The van der Waals surface area contributed by atoms with Crippen LogP contribution in [0.25, 0.3) is 5.70 Å². The first-order chi connectivity index (χ1) is 9.99. The molecule has 21 heavy (non-hydrogen) atoms. The number of carbonyl (C=O) groups is 2. The maximum Gasteiger partial charge on any atom is 0.323 e. The Kier molecular flexibility index (Phi) is 4.62. The quantitative estimate of drug-likeness (QED) is 0.870. The zero-order valence-corrected chi connectivity index (χ0v) is 12.3. The highest BCUT2D eigenvalue weighted by Crippen LogP contribution is 2.32. The standard InChI is InChI=1S/C16H20N2O3/c1-12(19)18(11-16(20)21)10-15(17(2)14-8-9-14)13-6-4-3-5-7-13/h3-7,10,14H,8-9,11H2,1-2H3,(H,20,21)/b15-10-. The van der Waals surface area contributed by atoms with Gasteiger partial charge in [-0.05, 0) is 18.4 Å². The van der Waals surface area contributed by atoms with E-state index in [1.54, 1.807) is 6.20 Å². The van der Waals surface area contributed by atoms with Crippen LogP contribution in [0.2, 0.25) is 0 Å². The van der Waals surface area contributed by atoms with Crippen molar-refractivity contribution >= 4 is 17.6 Å². The van der Waals surface area contributed by atoms with E-state index in [2.05, 4.69) is 4.90 Å². The summed E-state index contributed by atoms with van der Waals surface area (Å²) in [5, 5.41) is 8.94. The van der Waals surface area contributed by atoms with Crippen molar-refractivity contribution in [1.29, 1.82) is 0 Å².